The topological polar surface area (TPSA) is 59.6 Å². The van der Waals surface area contributed by atoms with Crippen LogP contribution in [-0.2, 0) is 0 Å². The van der Waals surface area contributed by atoms with Crippen molar-refractivity contribution in [2.45, 2.75) is 44.9 Å². The van der Waals surface area contributed by atoms with Crippen molar-refractivity contribution >= 4 is 11.7 Å². The zero-order valence-corrected chi connectivity index (χ0v) is 11.2. The number of carbonyl (C=O) groups excluding carboxylic acids is 1. The van der Waals surface area contributed by atoms with Gasteiger partial charge in [-0.1, -0.05) is 6.92 Å². The van der Waals surface area contributed by atoms with Gasteiger partial charge in [-0.3, -0.25) is 0 Å². The minimum absolute atomic E-state index is 0.167. The first-order valence-corrected chi connectivity index (χ1v) is 6.67. The lowest BCUT2D eigenvalue weighted by Gasteiger charge is -2.20. The summed E-state index contributed by atoms with van der Waals surface area (Å²) >= 11 is 0. The molecule has 1 heterocycles. The van der Waals surface area contributed by atoms with Gasteiger partial charge in [0, 0.05) is 31.1 Å². The molecule has 1 atom stereocenters. The molecule has 102 valence electrons. The molecule has 1 saturated carbocycles. The van der Waals surface area contributed by atoms with Crippen molar-refractivity contribution in [2.24, 2.45) is 0 Å². The number of rotatable bonds is 3. The van der Waals surface area contributed by atoms with E-state index < -0.39 is 5.79 Å². The van der Waals surface area contributed by atoms with Gasteiger partial charge in [0.2, 0.25) is 5.79 Å². The molecule has 2 aliphatic rings. The molecule has 1 aromatic rings. The maximum atomic E-state index is 11.7. The summed E-state index contributed by atoms with van der Waals surface area (Å²) in [5, 5.41) is 5.68. The number of hydrogen-bond donors (Lipinski definition) is 2. The molecule has 1 aliphatic carbocycles. The van der Waals surface area contributed by atoms with Gasteiger partial charge in [-0.15, -0.1) is 0 Å². The van der Waals surface area contributed by atoms with Crippen LogP contribution >= 0.6 is 0 Å². The molecule has 0 saturated heterocycles. The van der Waals surface area contributed by atoms with E-state index in [2.05, 4.69) is 10.6 Å². The van der Waals surface area contributed by atoms with Crippen molar-refractivity contribution in [3.8, 4) is 11.5 Å². The average Bonchev–Trinajstić information content (AvgIpc) is 3.09. The predicted molar refractivity (Wildman–Crippen MR) is 71.6 cm³/mol. The number of fused-ring (bicyclic) bond motifs is 1. The minimum Gasteiger partial charge on any atom is -0.449 e. The van der Waals surface area contributed by atoms with E-state index in [4.69, 9.17) is 9.47 Å². The van der Waals surface area contributed by atoms with Crippen LogP contribution in [-0.4, -0.2) is 17.9 Å². The van der Waals surface area contributed by atoms with Gasteiger partial charge in [-0.25, -0.2) is 4.79 Å². The normalized spacial score (nSPS) is 24.1. The van der Waals surface area contributed by atoms with Crippen LogP contribution < -0.4 is 20.1 Å². The van der Waals surface area contributed by atoms with Crippen LogP contribution in [0.25, 0.3) is 0 Å². The van der Waals surface area contributed by atoms with Crippen LogP contribution in [0.2, 0.25) is 0 Å². The van der Waals surface area contributed by atoms with Crippen LogP contribution in [0.1, 0.15) is 33.1 Å². The summed E-state index contributed by atoms with van der Waals surface area (Å²) in [5.74, 6) is 0.795. The van der Waals surface area contributed by atoms with Crippen molar-refractivity contribution < 1.29 is 14.3 Å². The Morgan fingerprint density at radius 1 is 1.37 bits per heavy atom. The molecule has 1 unspecified atom stereocenters. The molecular weight excluding hydrogens is 244 g/mol. The number of carbonyl (C=O) groups is 1. The summed E-state index contributed by atoms with van der Waals surface area (Å²) < 4.78 is 11.5. The molecule has 0 spiro atoms. The fraction of sp³-hybridized carbons (Fsp3) is 0.500. The summed E-state index contributed by atoms with van der Waals surface area (Å²) in [5.41, 5.74) is 0.709. The van der Waals surface area contributed by atoms with Crippen LogP contribution in [0.15, 0.2) is 18.2 Å². The second-order valence-electron chi connectivity index (χ2n) is 5.23. The maximum Gasteiger partial charge on any atom is 0.319 e. The van der Waals surface area contributed by atoms with E-state index >= 15 is 0 Å². The largest absolute Gasteiger partial charge is 0.449 e. The van der Waals surface area contributed by atoms with Gasteiger partial charge >= 0.3 is 6.03 Å². The first kappa shape index (κ1) is 12.1. The molecule has 1 aromatic carbocycles. The first-order chi connectivity index (χ1) is 9.08. The van der Waals surface area contributed by atoms with Crippen LogP contribution in [0.4, 0.5) is 10.5 Å². The zero-order valence-electron chi connectivity index (χ0n) is 11.2. The predicted octanol–water partition coefficient (Wildman–Crippen LogP) is 2.87. The molecule has 3 rings (SSSR count). The van der Waals surface area contributed by atoms with Crippen molar-refractivity contribution in [2.75, 3.05) is 5.32 Å². The average molecular weight is 262 g/mol. The third kappa shape index (κ3) is 2.59. The van der Waals surface area contributed by atoms with E-state index in [9.17, 15) is 4.79 Å². The van der Waals surface area contributed by atoms with Crippen LogP contribution in [0.5, 0.6) is 11.5 Å². The van der Waals surface area contributed by atoms with Crippen molar-refractivity contribution in [3.63, 3.8) is 0 Å². The molecule has 0 aromatic heterocycles. The Labute approximate surface area is 112 Å². The summed E-state index contributed by atoms with van der Waals surface area (Å²) in [7, 11) is 0. The van der Waals surface area contributed by atoms with E-state index in [-0.39, 0.29) is 6.03 Å². The fourth-order valence-corrected chi connectivity index (χ4v) is 1.96. The molecule has 1 fully saturated rings. The molecule has 19 heavy (non-hydrogen) atoms. The molecule has 2 amide bonds. The highest BCUT2D eigenvalue weighted by Gasteiger charge is 2.35. The number of hydrogen-bond acceptors (Lipinski definition) is 3. The summed E-state index contributed by atoms with van der Waals surface area (Å²) in [6, 6.07) is 5.61. The molecule has 0 bridgehead atoms. The third-order valence-corrected chi connectivity index (χ3v) is 3.41. The fourth-order valence-electron chi connectivity index (χ4n) is 1.96. The van der Waals surface area contributed by atoms with E-state index in [1.807, 2.05) is 26.0 Å². The van der Waals surface area contributed by atoms with Crippen LogP contribution in [0, 0.1) is 0 Å². The Morgan fingerprint density at radius 2 is 2.11 bits per heavy atom. The SMILES string of the molecule is CCC1(C)Oc2ccc(NC(=O)NC3CC3)cc2O1. The lowest BCUT2D eigenvalue weighted by Crippen LogP contribution is -2.33. The summed E-state index contributed by atoms with van der Waals surface area (Å²) in [6.45, 7) is 3.91. The molecule has 5 nitrogen and oxygen atoms in total. The standard InChI is InChI=1S/C14H18N2O3/c1-3-14(2)18-11-7-6-10(8-12(11)19-14)16-13(17)15-9-4-5-9/h6-9H,3-5H2,1-2H3,(H2,15,16,17). The number of urea groups is 1. The molecule has 0 radical (unpaired) electrons. The molecule has 5 heteroatoms. The minimum atomic E-state index is -0.600. The van der Waals surface area contributed by atoms with Gasteiger partial charge in [0.1, 0.15) is 0 Å². The smallest absolute Gasteiger partial charge is 0.319 e. The summed E-state index contributed by atoms with van der Waals surface area (Å²) in [4.78, 5) is 11.7. The Kier molecular flexibility index (Phi) is 2.77. The number of anilines is 1. The number of amides is 2. The highest BCUT2D eigenvalue weighted by atomic mass is 16.7. The Bertz CT molecular complexity index is 513. The van der Waals surface area contributed by atoms with Crippen LogP contribution in [0.3, 0.4) is 0 Å². The van der Waals surface area contributed by atoms with Crippen molar-refractivity contribution in [1.82, 2.24) is 5.32 Å². The van der Waals surface area contributed by atoms with E-state index in [0.717, 1.165) is 25.0 Å². The number of nitrogens with one attached hydrogen (secondary N) is 2. The van der Waals surface area contributed by atoms with Gasteiger partial charge < -0.3 is 20.1 Å². The molecule has 2 N–H and O–H groups in total. The molecule has 1 aliphatic heterocycles. The monoisotopic (exact) mass is 262 g/mol. The lowest BCUT2D eigenvalue weighted by atomic mass is 10.2. The van der Waals surface area contributed by atoms with Crippen molar-refractivity contribution in [1.29, 1.82) is 0 Å². The number of ether oxygens (including phenoxy) is 2. The van der Waals surface area contributed by atoms with Crippen molar-refractivity contribution in [3.05, 3.63) is 18.2 Å². The second-order valence-corrected chi connectivity index (χ2v) is 5.23. The maximum absolute atomic E-state index is 11.7. The highest BCUT2D eigenvalue weighted by Crippen LogP contribution is 2.41. The van der Waals surface area contributed by atoms with E-state index in [1.165, 1.54) is 0 Å². The van der Waals surface area contributed by atoms with E-state index in [0.29, 0.717) is 17.5 Å². The lowest BCUT2D eigenvalue weighted by molar-refractivity contribution is -0.0640. The highest BCUT2D eigenvalue weighted by molar-refractivity contribution is 5.90. The molecular formula is C14H18N2O3. The Hall–Kier alpha value is -1.91. The van der Waals surface area contributed by atoms with Gasteiger partial charge in [0.25, 0.3) is 0 Å². The van der Waals surface area contributed by atoms with Gasteiger partial charge in [-0.2, -0.15) is 0 Å². The van der Waals surface area contributed by atoms with Gasteiger partial charge in [0.15, 0.2) is 11.5 Å². The van der Waals surface area contributed by atoms with E-state index in [1.54, 1.807) is 6.07 Å². The second kappa shape index (κ2) is 4.33. The zero-order chi connectivity index (χ0) is 13.5. The Morgan fingerprint density at radius 3 is 2.79 bits per heavy atom. The summed E-state index contributed by atoms with van der Waals surface area (Å²) in [6.07, 6.45) is 2.90. The number of benzene rings is 1. The third-order valence-electron chi connectivity index (χ3n) is 3.41. The first-order valence-electron chi connectivity index (χ1n) is 6.67. The Balaban J connectivity index is 1.69. The van der Waals surface area contributed by atoms with Gasteiger partial charge in [-0.05, 0) is 25.0 Å². The van der Waals surface area contributed by atoms with Gasteiger partial charge in [0.05, 0.1) is 0 Å². The quantitative estimate of drug-likeness (QED) is 0.880.